The molecule has 2 radical (unpaired) electrons. The third kappa shape index (κ3) is 1.89. The van der Waals surface area contributed by atoms with Crippen LogP contribution in [0.15, 0.2) is 12.2 Å². The van der Waals surface area contributed by atoms with Gasteiger partial charge >= 0.3 is 0 Å². The third-order valence-electron chi connectivity index (χ3n) is 2.03. The molecule has 0 aromatic heterocycles. The van der Waals surface area contributed by atoms with Crippen molar-refractivity contribution in [2.24, 2.45) is 5.92 Å². The van der Waals surface area contributed by atoms with Crippen molar-refractivity contribution in [1.82, 2.24) is 0 Å². The largest absolute Gasteiger partial charge is 0.0938 e. The van der Waals surface area contributed by atoms with Crippen LogP contribution in [-0.4, -0.2) is 7.85 Å². The van der Waals surface area contributed by atoms with Crippen molar-refractivity contribution in [3.63, 3.8) is 0 Å². The topological polar surface area (TPSA) is 0 Å². The first-order valence-electron chi connectivity index (χ1n) is 3.77. The average molecular weight is 120 g/mol. The molecule has 0 nitrogen and oxygen atoms in total. The number of hydrogen-bond acceptors (Lipinski definition) is 0. The van der Waals surface area contributed by atoms with Gasteiger partial charge in [0, 0.05) is 0 Å². The molecule has 0 aromatic rings. The molecule has 0 aliphatic heterocycles. The van der Waals surface area contributed by atoms with Gasteiger partial charge in [0.1, 0.15) is 0 Å². The summed E-state index contributed by atoms with van der Waals surface area (Å²) in [6, 6.07) is 0. The highest BCUT2D eigenvalue weighted by Crippen LogP contribution is 2.25. The zero-order valence-electron chi connectivity index (χ0n) is 6.01. The molecule has 0 N–H and O–H groups in total. The average Bonchev–Trinajstić information content (AvgIpc) is 1.90. The fourth-order valence-corrected chi connectivity index (χ4v) is 1.24. The van der Waals surface area contributed by atoms with E-state index in [1.807, 2.05) is 0 Å². The highest BCUT2D eigenvalue weighted by molar-refractivity contribution is 6.12. The van der Waals surface area contributed by atoms with E-state index in [-0.39, 0.29) is 0 Å². The van der Waals surface area contributed by atoms with Crippen molar-refractivity contribution >= 4 is 7.85 Å². The van der Waals surface area contributed by atoms with E-state index in [9.17, 15) is 0 Å². The fraction of sp³-hybridized carbons (Fsp3) is 0.750. The molecule has 1 aliphatic carbocycles. The Labute approximate surface area is 58.8 Å². The van der Waals surface area contributed by atoms with Crippen molar-refractivity contribution < 1.29 is 0 Å². The van der Waals surface area contributed by atoms with E-state index in [4.69, 9.17) is 7.85 Å². The molecule has 9 heavy (non-hydrogen) atoms. The zero-order chi connectivity index (χ0) is 6.69. The van der Waals surface area contributed by atoms with Gasteiger partial charge in [-0.25, -0.2) is 0 Å². The van der Waals surface area contributed by atoms with Crippen LogP contribution in [0.25, 0.3) is 0 Å². The van der Waals surface area contributed by atoms with Gasteiger partial charge in [-0.15, -0.1) is 0 Å². The first-order chi connectivity index (χ1) is 4.33. The van der Waals surface area contributed by atoms with Crippen LogP contribution in [0.5, 0.6) is 0 Å². The van der Waals surface area contributed by atoms with Crippen molar-refractivity contribution in [1.29, 1.82) is 0 Å². The lowest BCUT2D eigenvalue weighted by molar-refractivity contribution is 0.527. The van der Waals surface area contributed by atoms with Crippen LogP contribution >= 0.6 is 0 Å². The molecule has 0 fully saturated rings. The fourth-order valence-electron chi connectivity index (χ4n) is 1.24. The van der Waals surface area contributed by atoms with Crippen LogP contribution in [-0.2, 0) is 0 Å². The Balaban J connectivity index is 2.38. The maximum absolute atomic E-state index is 5.66. The second-order valence-corrected chi connectivity index (χ2v) is 2.79. The normalized spacial score (nSPS) is 34.8. The van der Waals surface area contributed by atoms with E-state index >= 15 is 0 Å². The predicted molar refractivity (Wildman–Crippen MR) is 41.7 cm³/mol. The molecule has 0 amide bonds. The molecule has 0 spiro atoms. The molecule has 1 heteroatoms. The summed E-state index contributed by atoms with van der Waals surface area (Å²) in [5.74, 6) is 1.15. The molecule has 1 aliphatic rings. The van der Waals surface area contributed by atoms with Crippen LogP contribution in [0.1, 0.15) is 26.2 Å². The summed E-state index contributed by atoms with van der Waals surface area (Å²) in [7, 11) is 5.66. The lowest BCUT2D eigenvalue weighted by atomic mass is 9.76. The van der Waals surface area contributed by atoms with E-state index in [1.54, 1.807) is 0 Å². The minimum atomic E-state index is 0.341. The second kappa shape index (κ2) is 3.10. The van der Waals surface area contributed by atoms with Gasteiger partial charge < -0.3 is 0 Å². The van der Waals surface area contributed by atoms with Gasteiger partial charge in [0.15, 0.2) is 0 Å². The van der Waals surface area contributed by atoms with Crippen LogP contribution < -0.4 is 0 Å². The lowest BCUT2D eigenvalue weighted by Gasteiger charge is -2.18. The highest BCUT2D eigenvalue weighted by Gasteiger charge is 2.09. The van der Waals surface area contributed by atoms with Crippen LogP contribution in [0.2, 0.25) is 5.82 Å². The summed E-state index contributed by atoms with van der Waals surface area (Å²) >= 11 is 0. The van der Waals surface area contributed by atoms with E-state index < -0.39 is 0 Å². The van der Waals surface area contributed by atoms with Crippen molar-refractivity contribution in [2.75, 3.05) is 0 Å². The van der Waals surface area contributed by atoms with Gasteiger partial charge in [-0.1, -0.05) is 31.3 Å². The predicted octanol–water partition coefficient (Wildman–Crippen LogP) is 2.32. The summed E-state index contributed by atoms with van der Waals surface area (Å²) in [6.45, 7) is 2.23. The van der Waals surface area contributed by atoms with Crippen molar-refractivity contribution in [3.8, 4) is 0 Å². The van der Waals surface area contributed by atoms with Gasteiger partial charge in [-0.2, -0.15) is 0 Å². The van der Waals surface area contributed by atoms with Gasteiger partial charge in [0.05, 0.1) is 7.85 Å². The monoisotopic (exact) mass is 120 g/mol. The standard InChI is InChI=1S/C8H13B/c1-2-7-3-5-8(9)6-4-7/h3,5,7-8H,2,4,6H2,1H3. The van der Waals surface area contributed by atoms with E-state index in [0.29, 0.717) is 5.82 Å². The van der Waals surface area contributed by atoms with E-state index in [2.05, 4.69) is 19.1 Å². The van der Waals surface area contributed by atoms with Crippen LogP contribution in [0.3, 0.4) is 0 Å². The first kappa shape index (κ1) is 6.92. The summed E-state index contributed by atoms with van der Waals surface area (Å²) in [5.41, 5.74) is 0. The molecule has 0 heterocycles. The summed E-state index contributed by atoms with van der Waals surface area (Å²) in [4.78, 5) is 0. The van der Waals surface area contributed by atoms with Gasteiger partial charge in [-0.05, 0) is 18.8 Å². The SMILES string of the molecule is [B]C1C=CC(CC)CC1. The lowest BCUT2D eigenvalue weighted by Crippen LogP contribution is -2.03. The van der Waals surface area contributed by atoms with Crippen molar-refractivity contribution in [3.05, 3.63) is 12.2 Å². The number of rotatable bonds is 1. The Morgan fingerprint density at radius 3 is 2.67 bits per heavy atom. The summed E-state index contributed by atoms with van der Waals surface area (Å²) in [6.07, 6.45) is 8.12. The molecule has 0 aromatic carbocycles. The number of hydrogen-bond donors (Lipinski definition) is 0. The second-order valence-electron chi connectivity index (χ2n) is 2.79. The molecule has 0 saturated carbocycles. The first-order valence-corrected chi connectivity index (χ1v) is 3.77. The Hall–Kier alpha value is -0.195. The number of allylic oxidation sites excluding steroid dienone is 2. The molecular weight excluding hydrogens is 107 g/mol. The Bertz CT molecular complexity index is 107. The minimum Gasteiger partial charge on any atom is -0.0938 e. The maximum atomic E-state index is 5.66. The maximum Gasteiger partial charge on any atom is 0.0755 e. The molecule has 0 saturated heterocycles. The van der Waals surface area contributed by atoms with Crippen molar-refractivity contribution in [2.45, 2.75) is 32.0 Å². The molecule has 0 bridgehead atoms. The highest BCUT2D eigenvalue weighted by atomic mass is 14.1. The zero-order valence-corrected chi connectivity index (χ0v) is 6.01. The quantitative estimate of drug-likeness (QED) is 0.368. The van der Waals surface area contributed by atoms with Gasteiger partial charge in [0.25, 0.3) is 0 Å². The Morgan fingerprint density at radius 2 is 2.22 bits per heavy atom. The summed E-state index contributed by atoms with van der Waals surface area (Å²) < 4.78 is 0. The van der Waals surface area contributed by atoms with Gasteiger partial charge in [0.2, 0.25) is 0 Å². The van der Waals surface area contributed by atoms with Gasteiger partial charge in [-0.3, -0.25) is 0 Å². The molecule has 48 valence electrons. The van der Waals surface area contributed by atoms with Crippen LogP contribution in [0, 0.1) is 5.92 Å². The molecular formula is C8H13B. The Kier molecular flexibility index (Phi) is 2.38. The minimum absolute atomic E-state index is 0.341. The molecule has 1 rings (SSSR count). The van der Waals surface area contributed by atoms with Crippen LogP contribution in [0.4, 0.5) is 0 Å². The van der Waals surface area contributed by atoms with E-state index in [1.165, 1.54) is 19.3 Å². The van der Waals surface area contributed by atoms with E-state index in [0.717, 1.165) is 5.92 Å². The molecule has 2 unspecified atom stereocenters. The summed E-state index contributed by atoms with van der Waals surface area (Å²) in [5, 5.41) is 0. The third-order valence-corrected chi connectivity index (χ3v) is 2.03. The smallest absolute Gasteiger partial charge is 0.0755 e. The molecule has 2 atom stereocenters. The Morgan fingerprint density at radius 1 is 1.44 bits per heavy atom.